The second-order valence-corrected chi connectivity index (χ2v) is 7.21. The van der Waals surface area contributed by atoms with E-state index in [0.29, 0.717) is 41.5 Å². The number of hydrogen-bond acceptors (Lipinski definition) is 3. The molecule has 6 heteroatoms. The van der Waals surface area contributed by atoms with Gasteiger partial charge in [0.1, 0.15) is 11.5 Å². The Morgan fingerprint density at radius 3 is 2.23 bits per heavy atom. The largest absolute Gasteiger partial charge is 0.481 e. The van der Waals surface area contributed by atoms with Gasteiger partial charge in [0.15, 0.2) is 0 Å². The molecule has 154 valence electrons. The number of benzene rings is 3. The van der Waals surface area contributed by atoms with Crippen LogP contribution in [0.2, 0.25) is 5.02 Å². The summed E-state index contributed by atoms with van der Waals surface area (Å²) in [5.74, 6) is 0.00247. The van der Waals surface area contributed by atoms with Crippen molar-refractivity contribution in [1.29, 1.82) is 0 Å². The predicted octanol–water partition coefficient (Wildman–Crippen LogP) is 5.12. The van der Waals surface area contributed by atoms with E-state index in [1.54, 1.807) is 18.2 Å². The molecular formula is C24H22ClNO4. The van der Waals surface area contributed by atoms with Crippen LogP contribution >= 0.6 is 11.6 Å². The summed E-state index contributed by atoms with van der Waals surface area (Å²) in [6.45, 7) is 0.449. The number of aliphatic carboxylic acids is 1. The average molecular weight is 424 g/mol. The van der Waals surface area contributed by atoms with Crippen molar-refractivity contribution < 1.29 is 19.4 Å². The fourth-order valence-corrected chi connectivity index (χ4v) is 3.10. The van der Waals surface area contributed by atoms with E-state index in [-0.39, 0.29) is 12.3 Å². The summed E-state index contributed by atoms with van der Waals surface area (Å²) in [5, 5.41) is 12.1. The lowest BCUT2D eigenvalue weighted by molar-refractivity contribution is -0.136. The van der Waals surface area contributed by atoms with Crippen LogP contribution in [0.25, 0.3) is 0 Å². The summed E-state index contributed by atoms with van der Waals surface area (Å²) >= 11 is 6.08. The predicted molar refractivity (Wildman–Crippen MR) is 116 cm³/mol. The number of amides is 1. The molecule has 2 N–H and O–H groups in total. The van der Waals surface area contributed by atoms with Crippen LogP contribution in [-0.4, -0.2) is 23.5 Å². The van der Waals surface area contributed by atoms with Crippen molar-refractivity contribution in [2.24, 2.45) is 0 Å². The first-order chi connectivity index (χ1) is 14.5. The second kappa shape index (κ2) is 10.5. The number of halogens is 1. The fourth-order valence-electron chi connectivity index (χ4n) is 2.92. The monoisotopic (exact) mass is 423 g/mol. The molecule has 3 aromatic rings. The van der Waals surface area contributed by atoms with E-state index in [2.05, 4.69) is 5.32 Å². The summed E-state index contributed by atoms with van der Waals surface area (Å²) in [6, 6.07) is 21.9. The van der Waals surface area contributed by atoms with Crippen LogP contribution in [0.4, 0.5) is 0 Å². The number of para-hydroxylation sites is 1. The maximum Gasteiger partial charge on any atom is 0.303 e. The van der Waals surface area contributed by atoms with Crippen molar-refractivity contribution in [3.8, 4) is 11.5 Å². The fraction of sp³-hybridized carbons (Fsp3) is 0.167. The van der Waals surface area contributed by atoms with E-state index >= 15 is 0 Å². The molecule has 0 aliphatic heterocycles. The van der Waals surface area contributed by atoms with Crippen molar-refractivity contribution in [3.05, 3.63) is 94.5 Å². The zero-order valence-corrected chi connectivity index (χ0v) is 17.1. The Hall–Kier alpha value is -3.31. The van der Waals surface area contributed by atoms with Gasteiger partial charge in [0.2, 0.25) is 0 Å². The zero-order chi connectivity index (χ0) is 21.3. The van der Waals surface area contributed by atoms with Crippen LogP contribution in [0.3, 0.4) is 0 Å². The number of rotatable bonds is 9. The van der Waals surface area contributed by atoms with Gasteiger partial charge < -0.3 is 15.2 Å². The van der Waals surface area contributed by atoms with Crippen LogP contribution < -0.4 is 10.1 Å². The highest BCUT2D eigenvalue weighted by Gasteiger charge is 2.14. The van der Waals surface area contributed by atoms with Crippen LogP contribution in [-0.2, 0) is 17.6 Å². The number of carboxylic acid groups (broad SMARTS) is 1. The van der Waals surface area contributed by atoms with Crippen molar-refractivity contribution in [2.45, 2.75) is 19.3 Å². The highest BCUT2D eigenvalue weighted by atomic mass is 35.5. The third-order valence-electron chi connectivity index (χ3n) is 4.51. The van der Waals surface area contributed by atoms with Gasteiger partial charge in [-0.25, -0.2) is 0 Å². The molecule has 0 aliphatic carbocycles. The lowest BCUT2D eigenvalue weighted by Crippen LogP contribution is -2.26. The van der Waals surface area contributed by atoms with Gasteiger partial charge in [-0.3, -0.25) is 9.59 Å². The van der Waals surface area contributed by atoms with E-state index in [1.165, 1.54) is 0 Å². The Bertz CT molecular complexity index is 1000. The first-order valence-corrected chi connectivity index (χ1v) is 9.99. The molecule has 0 fully saturated rings. The molecule has 0 spiro atoms. The van der Waals surface area contributed by atoms with Gasteiger partial charge in [-0.15, -0.1) is 0 Å². The summed E-state index contributed by atoms with van der Waals surface area (Å²) in [7, 11) is 0. The Balaban J connectivity index is 1.58. The second-order valence-electron chi connectivity index (χ2n) is 6.77. The van der Waals surface area contributed by atoms with Gasteiger partial charge >= 0.3 is 5.97 Å². The molecule has 30 heavy (non-hydrogen) atoms. The lowest BCUT2D eigenvalue weighted by Gasteiger charge is -2.12. The van der Waals surface area contributed by atoms with Gasteiger partial charge in [0, 0.05) is 18.0 Å². The molecule has 3 aromatic carbocycles. The standard InChI is InChI=1S/C24H22ClNO4/c25-19-11-12-22(30-20-4-2-1-3-5-20)21(16-19)24(29)26-15-14-18-8-6-17(7-9-18)10-13-23(27)28/h1-9,11-12,16H,10,13-15H2,(H,26,29)(H,27,28). The number of nitrogens with one attached hydrogen (secondary N) is 1. The smallest absolute Gasteiger partial charge is 0.303 e. The minimum atomic E-state index is -0.807. The number of carboxylic acids is 1. The highest BCUT2D eigenvalue weighted by Crippen LogP contribution is 2.27. The Labute approximate surface area is 180 Å². The van der Waals surface area contributed by atoms with E-state index in [1.807, 2.05) is 54.6 Å². The normalized spacial score (nSPS) is 10.4. The molecule has 3 rings (SSSR count). The Kier molecular flexibility index (Phi) is 7.46. The van der Waals surface area contributed by atoms with Crippen LogP contribution in [0.1, 0.15) is 27.9 Å². The molecule has 0 radical (unpaired) electrons. The molecule has 0 saturated heterocycles. The van der Waals surface area contributed by atoms with E-state index in [0.717, 1.165) is 11.1 Å². The number of aryl methyl sites for hydroxylation is 1. The highest BCUT2D eigenvalue weighted by molar-refractivity contribution is 6.31. The van der Waals surface area contributed by atoms with Crippen molar-refractivity contribution in [2.75, 3.05) is 6.54 Å². The molecule has 0 unspecified atom stereocenters. The number of carbonyl (C=O) groups excluding carboxylic acids is 1. The molecule has 0 aromatic heterocycles. The Morgan fingerprint density at radius 2 is 1.57 bits per heavy atom. The topological polar surface area (TPSA) is 75.6 Å². The maximum atomic E-state index is 12.7. The van der Waals surface area contributed by atoms with E-state index < -0.39 is 5.97 Å². The van der Waals surface area contributed by atoms with Crippen LogP contribution in [0.15, 0.2) is 72.8 Å². The van der Waals surface area contributed by atoms with Gasteiger partial charge in [-0.1, -0.05) is 54.1 Å². The molecule has 0 heterocycles. The van der Waals surface area contributed by atoms with Gasteiger partial charge in [-0.2, -0.15) is 0 Å². The third-order valence-corrected chi connectivity index (χ3v) is 4.74. The van der Waals surface area contributed by atoms with Gasteiger partial charge in [0.05, 0.1) is 5.56 Å². The lowest BCUT2D eigenvalue weighted by atomic mass is 10.1. The summed E-state index contributed by atoms with van der Waals surface area (Å²) < 4.78 is 5.84. The van der Waals surface area contributed by atoms with Crippen LogP contribution in [0, 0.1) is 0 Å². The third kappa shape index (κ3) is 6.36. The Morgan fingerprint density at radius 1 is 0.900 bits per heavy atom. The van der Waals surface area contributed by atoms with E-state index in [9.17, 15) is 9.59 Å². The van der Waals surface area contributed by atoms with E-state index in [4.69, 9.17) is 21.4 Å². The zero-order valence-electron chi connectivity index (χ0n) is 16.3. The average Bonchev–Trinajstić information content (AvgIpc) is 2.75. The van der Waals surface area contributed by atoms with Gasteiger partial charge in [-0.05, 0) is 54.3 Å². The molecule has 0 aliphatic rings. The molecule has 0 atom stereocenters. The molecule has 0 bridgehead atoms. The first-order valence-electron chi connectivity index (χ1n) is 9.61. The summed E-state index contributed by atoms with van der Waals surface area (Å²) in [5.41, 5.74) is 2.41. The van der Waals surface area contributed by atoms with Crippen molar-refractivity contribution >= 4 is 23.5 Å². The SMILES string of the molecule is O=C(O)CCc1ccc(CCNC(=O)c2cc(Cl)ccc2Oc2ccccc2)cc1. The molecule has 5 nitrogen and oxygen atoms in total. The number of ether oxygens (including phenoxy) is 1. The van der Waals surface area contributed by atoms with Crippen LogP contribution in [0.5, 0.6) is 11.5 Å². The molecular weight excluding hydrogens is 402 g/mol. The molecule has 1 amide bonds. The number of carbonyl (C=O) groups is 2. The minimum Gasteiger partial charge on any atom is -0.481 e. The first kappa shape index (κ1) is 21.4. The quantitative estimate of drug-likeness (QED) is 0.500. The maximum absolute atomic E-state index is 12.7. The molecule has 0 saturated carbocycles. The minimum absolute atomic E-state index is 0.114. The van der Waals surface area contributed by atoms with Gasteiger partial charge in [0.25, 0.3) is 5.91 Å². The summed E-state index contributed by atoms with van der Waals surface area (Å²) in [6.07, 6.45) is 1.27. The van der Waals surface area contributed by atoms with Crippen molar-refractivity contribution in [1.82, 2.24) is 5.32 Å². The van der Waals surface area contributed by atoms with Crippen molar-refractivity contribution in [3.63, 3.8) is 0 Å². The summed E-state index contributed by atoms with van der Waals surface area (Å²) in [4.78, 5) is 23.3. The number of hydrogen-bond donors (Lipinski definition) is 2.